The summed E-state index contributed by atoms with van der Waals surface area (Å²) in [5.74, 6) is 0. The number of fused-ring (bicyclic) bond motifs is 1. The van der Waals surface area contributed by atoms with Crippen LogP contribution in [0.1, 0.15) is 17.5 Å². The van der Waals surface area contributed by atoms with Gasteiger partial charge in [-0.15, -0.1) is 0 Å². The molecule has 3 rings (SSSR count). The fraction of sp³-hybridized carbons (Fsp3) is 0.462. The maximum Gasteiger partial charge on any atom is 0.186 e. The van der Waals surface area contributed by atoms with Crippen LogP contribution < -0.4 is 10.6 Å². The molecule has 4 heteroatoms. The quantitative estimate of drug-likeness (QED) is 0.841. The van der Waals surface area contributed by atoms with Crippen molar-refractivity contribution in [2.45, 2.75) is 26.3 Å². The Morgan fingerprint density at radius 3 is 2.76 bits per heavy atom. The summed E-state index contributed by atoms with van der Waals surface area (Å²) in [4.78, 5) is 7.09. The highest BCUT2D eigenvalue weighted by atomic mass is 32.1. The Bertz CT molecular complexity index is 522. The van der Waals surface area contributed by atoms with Crippen molar-refractivity contribution in [2.24, 2.45) is 5.73 Å². The van der Waals surface area contributed by atoms with Crippen LogP contribution in [0.2, 0.25) is 0 Å². The number of anilines is 1. The molecule has 0 spiro atoms. The van der Waals surface area contributed by atoms with Gasteiger partial charge in [0.15, 0.2) is 5.13 Å². The Kier molecular flexibility index (Phi) is 2.56. The molecule has 1 aliphatic rings. The smallest absolute Gasteiger partial charge is 0.186 e. The number of thiazole rings is 1. The maximum atomic E-state index is 5.95. The van der Waals surface area contributed by atoms with E-state index in [-0.39, 0.29) is 0 Å². The predicted octanol–water partition coefficient (Wildman–Crippen LogP) is 2.45. The lowest BCUT2D eigenvalue weighted by Gasteiger charge is -2.12. The molecule has 1 aromatic heterocycles. The van der Waals surface area contributed by atoms with E-state index in [0.29, 0.717) is 6.04 Å². The van der Waals surface area contributed by atoms with E-state index < -0.39 is 0 Å². The number of aromatic nitrogens is 1. The van der Waals surface area contributed by atoms with Gasteiger partial charge in [0.05, 0.1) is 10.2 Å². The second-order valence-electron chi connectivity index (χ2n) is 4.87. The molecule has 1 unspecified atom stereocenters. The van der Waals surface area contributed by atoms with Gasteiger partial charge in [-0.05, 0) is 31.4 Å². The molecule has 0 radical (unpaired) electrons. The SMILES string of the molecule is Cc1ccc(C)c2sc(N3CCC(N)C3)nc12. The van der Waals surface area contributed by atoms with Crippen molar-refractivity contribution in [3.05, 3.63) is 23.3 Å². The number of nitrogens with two attached hydrogens (primary N) is 1. The first kappa shape index (κ1) is 11.0. The molecule has 1 aliphatic heterocycles. The van der Waals surface area contributed by atoms with E-state index in [1.165, 1.54) is 15.8 Å². The Hall–Kier alpha value is -1.13. The molecule has 2 aromatic rings. The molecule has 1 fully saturated rings. The average Bonchev–Trinajstić information content (AvgIpc) is 2.90. The minimum Gasteiger partial charge on any atom is -0.346 e. The predicted molar refractivity (Wildman–Crippen MR) is 73.9 cm³/mol. The van der Waals surface area contributed by atoms with Gasteiger partial charge in [0.2, 0.25) is 0 Å². The van der Waals surface area contributed by atoms with Gasteiger partial charge >= 0.3 is 0 Å². The lowest BCUT2D eigenvalue weighted by molar-refractivity contribution is 0.752. The zero-order valence-electron chi connectivity index (χ0n) is 10.2. The van der Waals surface area contributed by atoms with Crippen molar-refractivity contribution in [3.8, 4) is 0 Å². The van der Waals surface area contributed by atoms with Gasteiger partial charge < -0.3 is 10.6 Å². The molecule has 1 saturated heterocycles. The monoisotopic (exact) mass is 247 g/mol. The second-order valence-corrected chi connectivity index (χ2v) is 5.85. The second kappa shape index (κ2) is 3.96. The van der Waals surface area contributed by atoms with Gasteiger partial charge in [0.1, 0.15) is 0 Å². The summed E-state index contributed by atoms with van der Waals surface area (Å²) in [6.07, 6.45) is 1.08. The minimum absolute atomic E-state index is 0.309. The van der Waals surface area contributed by atoms with E-state index in [1.807, 2.05) is 0 Å². The van der Waals surface area contributed by atoms with Crippen molar-refractivity contribution < 1.29 is 0 Å². The van der Waals surface area contributed by atoms with E-state index >= 15 is 0 Å². The molecule has 0 aliphatic carbocycles. The highest BCUT2D eigenvalue weighted by Crippen LogP contribution is 2.34. The zero-order chi connectivity index (χ0) is 12.0. The Balaban J connectivity index is 2.07. The summed E-state index contributed by atoms with van der Waals surface area (Å²) < 4.78 is 1.32. The Morgan fingerprint density at radius 2 is 2.12 bits per heavy atom. The Morgan fingerprint density at radius 1 is 1.35 bits per heavy atom. The summed E-state index contributed by atoms with van der Waals surface area (Å²) in [6.45, 7) is 6.26. The zero-order valence-corrected chi connectivity index (χ0v) is 11.0. The van der Waals surface area contributed by atoms with Gasteiger partial charge in [-0.2, -0.15) is 0 Å². The molecule has 17 heavy (non-hydrogen) atoms. The first-order valence-corrected chi connectivity index (χ1v) is 6.84. The first-order valence-electron chi connectivity index (χ1n) is 6.02. The van der Waals surface area contributed by atoms with Gasteiger partial charge in [-0.1, -0.05) is 23.5 Å². The molecular weight excluding hydrogens is 230 g/mol. The lowest BCUT2D eigenvalue weighted by Crippen LogP contribution is -2.26. The summed E-state index contributed by atoms with van der Waals surface area (Å²) in [5.41, 5.74) is 9.69. The van der Waals surface area contributed by atoms with Crippen LogP contribution in [0.5, 0.6) is 0 Å². The number of hydrogen-bond donors (Lipinski definition) is 1. The van der Waals surface area contributed by atoms with Crippen LogP contribution in [0.25, 0.3) is 10.2 Å². The normalized spacial score (nSPS) is 20.4. The topological polar surface area (TPSA) is 42.1 Å². The third kappa shape index (κ3) is 1.81. The van der Waals surface area contributed by atoms with E-state index in [4.69, 9.17) is 10.7 Å². The molecule has 90 valence electrons. The molecule has 2 N–H and O–H groups in total. The molecule has 3 nitrogen and oxygen atoms in total. The van der Waals surface area contributed by atoms with Crippen molar-refractivity contribution in [1.29, 1.82) is 0 Å². The van der Waals surface area contributed by atoms with Crippen molar-refractivity contribution in [3.63, 3.8) is 0 Å². The summed E-state index contributed by atoms with van der Waals surface area (Å²) >= 11 is 1.80. The largest absolute Gasteiger partial charge is 0.346 e. The highest BCUT2D eigenvalue weighted by Gasteiger charge is 2.22. The number of nitrogens with zero attached hydrogens (tertiary/aromatic N) is 2. The van der Waals surface area contributed by atoms with Gasteiger partial charge in [-0.3, -0.25) is 0 Å². The number of benzene rings is 1. The summed E-state index contributed by atoms with van der Waals surface area (Å²) in [7, 11) is 0. The van der Waals surface area contributed by atoms with Crippen LogP contribution >= 0.6 is 11.3 Å². The van der Waals surface area contributed by atoms with Crippen LogP contribution in [-0.4, -0.2) is 24.1 Å². The summed E-state index contributed by atoms with van der Waals surface area (Å²) in [5, 5.41) is 1.13. The first-order chi connectivity index (χ1) is 8.15. The highest BCUT2D eigenvalue weighted by molar-refractivity contribution is 7.22. The van der Waals surface area contributed by atoms with Gasteiger partial charge in [0.25, 0.3) is 0 Å². The van der Waals surface area contributed by atoms with E-state index in [1.54, 1.807) is 11.3 Å². The van der Waals surface area contributed by atoms with Crippen molar-refractivity contribution in [2.75, 3.05) is 18.0 Å². The minimum atomic E-state index is 0.309. The standard InChI is InChI=1S/C13H17N3S/c1-8-3-4-9(2)12-11(8)15-13(17-12)16-6-5-10(14)7-16/h3-4,10H,5-7,14H2,1-2H3. The van der Waals surface area contributed by atoms with E-state index in [0.717, 1.165) is 30.2 Å². The fourth-order valence-corrected chi connectivity index (χ4v) is 3.49. The molecule has 1 atom stereocenters. The number of hydrogen-bond acceptors (Lipinski definition) is 4. The fourth-order valence-electron chi connectivity index (χ4n) is 2.34. The molecule has 0 saturated carbocycles. The molecule has 1 aromatic carbocycles. The van der Waals surface area contributed by atoms with Crippen LogP contribution in [0, 0.1) is 13.8 Å². The molecule has 0 bridgehead atoms. The van der Waals surface area contributed by atoms with Crippen molar-refractivity contribution >= 4 is 26.7 Å². The Labute approximate surface area is 105 Å². The maximum absolute atomic E-state index is 5.95. The van der Waals surface area contributed by atoms with E-state index in [2.05, 4.69) is 30.9 Å². The van der Waals surface area contributed by atoms with Crippen LogP contribution in [0.4, 0.5) is 5.13 Å². The van der Waals surface area contributed by atoms with Crippen LogP contribution in [0.15, 0.2) is 12.1 Å². The molecular formula is C13H17N3S. The van der Waals surface area contributed by atoms with Gasteiger partial charge in [0, 0.05) is 19.1 Å². The summed E-state index contributed by atoms with van der Waals surface area (Å²) in [6, 6.07) is 4.64. The van der Waals surface area contributed by atoms with Crippen LogP contribution in [0.3, 0.4) is 0 Å². The lowest BCUT2D eigenvalue weighted by atomic mass is 10.1. The third-order valence-corrected chi connectivity index (χ3v) is 4.68. The third-order valence-electron chi connectivity index (χ3n) is 3.43. The van der Waals surface area contributed by atoms with E-state index in [9.17, 15) is 0 Å². The number of aryl methyl sites for hydroxylation is 2. The molecule has 0 amide bonds. The number of rotatable bonds is 1. The average molecular weight is 247 g/mol. The van der Waals surface area contributed by atoms with Crippen molar-refractivity contribution in [1.82, 2.24) is 4.98 Å². The van der Waals surface area contributed by atoms with Gasteiger partial charge in [-0.25, -0.2) is 4.98 Å². The van der Waals surface area contributed by atoms with Crippen LogP contribution in [-0.2, 0) is 0 Å². The molecule has 2 heterocycles.